The van der Waals surface area contributed by atoms with Gasteiger partial charge >= 0.3 is 0 Å². The predicted molar refractivity (Wildman–Crippen MR) is 72.6 cm³/mol. The summed E-state index contributed by atoms with van der Waals surface area (Å²) in [5, 5.41) is 0. The molecule has 1 aliphatic rings. The fraction of sp³-hybridized carbons (Fsp3) is 0.250. The van der Waals surface area contributed by atoms with Gasteiger partial charge in [0.1, 0.15) is 17.4 Å². The van der Waals surface area contributed by atoms with Crippen LogP contribution in [0.3, 0.4) is 0 Å². The molecular formula is C16H15F2NO. The van der Waals surface area contributed by atoms with Gasteiger partial charge in [0.15, 0.2) is 0 Å². The van der Waals surface area contributed by atoms with E-state index in [0.29, 0.717) is 18.6 Å². The van der Waals surface area contributed by atoms with E-state index in [1.54, 1.807) is 0 Å². The van der Waals surface area contributed by atoms with Crippen molar-refractivity contribution in [3.63, 3.8) is 0 Å². The van der Waals surface area contributed by atoms with Gasteiger partial charge in [-0.3, -0.25) is 0 Å². The molecule has 0 saturated carbocycles. The van der Waals surface area contributed by atoms with E-state index in [0.717, 1.165) is 29.4 Å². The van der Waals surface area contributed by atoms with Crippen LogP contribution in [-0.2, 0) is 12.8 Å². The third-order valence-corrected chi connectivity index (χ3v) is 3.60. The Hall–Kier alpha value is -1.94. The van der Waals surface area contributed by atoms with Gasteiger partial charge in [0, 0.05) is 24.1 Å². The molecule has 20 heavy (non-hydrogen) atoms. The van der Waals surface area contributed by atoms with Crippen LogP contribution in [0.5, 0.6) is 5.75 Å². The zero-order valence-electron chi connectivity index (χ0n) is 10.9. The molecule has 0 bridgehead atoms. The summed E-state index contributed by atoms with van der Waals surface area (Å²) in [6, 6.07) is 9.04. The maximum Gasteiger partial charge on any atom is 0.129 e. The Morgan fingerprint density at radius 3 is 2.85 bits per heavy atom. The van der Waals surface area contributed by atoms with Crippen molar-refractivity contribution in [2.45, 2.75) is 18.9 Å². The van der Waals surface area contributed by atoms with Gasteiger partial charge in [-0.2, -0.15) is 0 Å². The second-order valence-corrected chi connectivity index (χ2v) is 4.98. The third kappa shape index (κ3) is 2.39. The highest BCUT2D eigenvalue weighted by Crippen LogP contribution is 2.34. The average Bonchev–Trinajstić information content (AvgIpc) is 2.90. The van der Waals surface area contributed by atoms with E-state index in [4.69, 9.17) is 10.5 Å². The predicted octanol–water partition coefficient (Wildman–Crippen LogP) is 3.14. The Bertz CT molecular complexity index is 642. The molecule has 1 heterocycles. The molecule has 2 aromatic rings. The minimum Gasteiger partial charge on any atom is -0.493 e. The van der Waals surface area contributed by atoms with Gasteiger partial charge in [0.25, 0.3) is 0 Å². The molecule has 1 atom stereocenters. The van der Waals surface area contributed by atoms with Crippen LogP contribution in [0.4, 0.5) is 8.78 Å². The zero-order valence-corrected chi connectivity index (χ0v) is 10.9. The monoisotopic (exact) mass is 275 g/mol. The van der Waals surface area contributed by atoms with E-state index in [1.807, 2.05) is 18.2 Å². The van der Waals surface area contributed by atoms with Crippen LogP contribution >= 0.6 is 0 Å². The van der Waals surface area contributed by atoms with Gasteiger partial charge in [-0.25, -0.2) is 8.78 Å². The molecule has 0 aromatic heterocycles. The lowest BCUT2D eigenvalue weighted by molar-refractivity contribution is 0.351. The molecule has 1 aliphatic heterocycles. The number of rotatable bonds is 3. The van der Waals surface area contributed by atoms with Gasteiger partial charge < -0.3 is 10.5 Å². The number of fused-ring (bicyclic) bond motifs is 1. The van der Waals surface area contributed by atoms with E-state index in [1.165, 1.54) is 12.1 Å². The molecule has 1 unspecified atom stereocenters. The summed E-state index contributed by atoms with van der Waals surface area (Å²) in [7, 11) is 0. The molecule has 0 spiro atoms. The molecule has 3 rings (SSSR count). The van der Waals surface area contributed by atoms with Crippen LogP contribution < -0.4 is 10.5 Å². The Morgan fingerprint density at radius 1 is 1.20 bits per heavy atom. The highest BCUT2D eigenvalue weighted by Gasteiger charge is 2.20. The lowest BCUT2D eigenvalue weighted by Crippen LogP contribution is -2.15. The highest BCUT2D eigenvalue weighted by molar-refractivity contribution is 5.46. The van der Waals surface area contributed by atoms with Crippen LogP contribution in [0, 0.1) is 11.6 Å². The Kier molecular flexibility index (Phi) is 3.40. The Balaban J connectivity index is 1.86. The van der Waals surface area contributed by atoms with Crippen molar-refractivity contribution in [3.05, 3.63) is 64.7 Å². The summed E-state index contributed by atoms with van der Waals surface area (Å²) in [5.41, 5.74) is 8.59. The van der Waals surface area contributed by atoms with Crippen LogP contribution in [0.15, 0.2) is 36.4 Å². The number of hydrogen-bond acceptors (Lipinski definition) is 2. The van der Waals surface area contributed by atoms with E-state index >= 15 is 0 Å². The van der Waals surface area contributed by atoms with Gasteiger partial charge in [-0.15, -0.1) is 0 Å². The molecule has 0 fully saturated rings. The van der Waals surface area contributed by atoms with Gasteiger partial charge in [-0.1, -0.05) is 24.3 Å². The van der Waals surface area contributed by atoms with Crippen LogP contribution in [-0.4, -0.2) is 6.61 Å². The fourth-order valence-corrected chi connectivity index (χ4v) is 2.57. The number of hydrogen-bond donors (Lipinski definition) is 1. The van der Waals surface area contributed by atoms with Crippen molar-refractivity contribution < 1.29 is 13.5 Å². The third-order valence-electron chi connectivity index (χ3n) is 3.60. The number of halogens is 2. The van der Waals surface area contributed by atoms with Crippen molar-refractivity contribution in [2.75, 3.05) is 6.61 Å². The molecular weight excluding hydrogens is 260 g/mol. The van der Waals surface area contributed by atoms with Crippen LogP contribution in [0.2, 0.25) is 0 Å². The first-order valence-electron chi connectivity index (χ1n) is 6.59. The molecule has 0 aliphatic carbocycles. The fourth-order valence-electron chi connectivity index (χ4n) is 2.57. The van der Waals surface area contributed by atoms with Gasteiger partial charge in [0.05, 0.1) is 6.61 Å². The lowest BCUT2D eigenvalue weighted by atomic mass is 9.96. The van der Waals surface area contributed by atoms with Crippen molar-refractivity contribution >= 4 is 0 Å². The second-order valence-electron chi connectivity index (χ2n) is 4.98. The smallest absolute Gasteiger partial charge is 0.129 e. The number of para-hydroxylation sites is 1. The first-order valence-corrected chi connectivity index (χ1v) is 6.59. The van der Waals surface area contributed by atoms with Crippen LogP contribution in [0.25, 0.3) is 0 Å². The topological polar surface area (TPSA) is 35.2 Å². The summed E-state index contributed by atoms with van der Waals surface area (Å²) in [5.74, 6) is -0.319. The zero-order chi connectivity index (χ0) is 14.1. The molecule has 4 heteroatoms. The largest absolute Gasteiger partial charge is 0.493 e. The summed E-state index contributed by atoms with van der Waals surface area (Å²) >= 11 is 0. The molecule has 2 N–H and O–H groups in total. The molecule has 2 nitrogen and oxygen atoms in total. The van der Waals surface area contributed by atoms with Gasteiger partial charge in [0.2, 0.25) is 0 Å². The molecule has 0 amide bonds. The minimum absolute atomic E-state index is 0.311. The molecule has 0 saturated heterocycles. The van der Waals surface area contributed by atoms with Gasteiger partial charge in [-0.05, 0) is 23.6 Å². The first kappa shape index (κ1) is 13.1. The maximum absolute atomic E-state index is 13.7. The van der Waals surface area contributed by atoms with Crippen LogP contribution in [0.1, 0.15) is 22.7 Å². The molecule has 0 radical (unpaired) electrons. The number of ether oxygens (including phenoxy) is 1. The maximum atomic E-state index is 13.7. The van der Waals surface area contributed by atoms with E-state index in [2.05, 4.69) is 0 Å². The summed E-state index contributed by atoms with van der Waals surface area (Å²) in [6.07, 6.45) is 1.19. The second kappa shape index (κ2) is 5.21. The summed E-state index contributed by atoms with van der Waals surface area (Å²) in [6.45, 7) is 0.657. The normalized spacial score (nSPS) is 14.8. The van der Waals surface area contributed by atoms with E-state index < -0.39 is 11.6 Å². The average molecular weight is 275 g/mol. The van der Waals surface area contributed by atoms with Crippen molar-refractivity contribution in [3.8, 4) is 5.75 Å². The lowest BCUT2D eigenvalue weighted by Gasteiger charge is -2.16. The Labute approximate surface area is 116 Å². The number of benzene rings is 2. The molecule has 104 valence electrons. The summed E-state index contributed by atoms with van der Waals surface area (Å²) in [4.78, 5) is 0. The highest BCUT2D eigenvalue weighted by atomic mass is 19.1. The first-order chi connectivity index (χ1) is 9.65. The van der Waals surface area contributed by atoms with Crippen molar-refractivity contribution in [2.24, 2.45) is 5.73 Å². The molecule has 2 aromatic carbocycles. The quantitative estimate of drug-likeness (QED) is 0.934. The van der Waals surface area contributed by atoms with E-state index in [9.17, 15) is 8.78 Å². The van der Waals surface area contributed by atoms with Crippen molar-refractivity contribution in [1.82, 2.24) is 0 Å². The van der Waals surface area contributed by atoms with E-state index in [-0.39, 0.29) is 6.04 Å². The standard InChI is InChI=1S/C16H15F2NO/c17-12-5-4-11(14(18)9-12)8-15(19)13-3-1-2-10-6-7-20-16(10)13/h1-5,9,15H,6-8,19H2. The Morgan fingerprint density at radius 2 is 2.05 bits per heavy atom. The number of nitrogens with two attached hydrogens (primary N) is 1. The minimum atomic E-state index is -0.580. The SMILES string of the molecule is NC(Cc1ccc(F)cc1F)c1cccc2c1OCC2. The van der Waals surface area contributed by atoms with Crippen molar-refractivity contribution in [1.29, 1.82) is 0 Å². The summed E-state index contributed by atoms with van der Waals surface area (Å²) < 4.78 is 32.2.